The number of oxazole rings is 1. The Morgan fingerprint density at radius 1 is 1.13 bits per heavy atom. The van der Waals surface area contributed by atoms with Crippen molar-refractivity contribution in [2.45, 2.75) is 0 Å². The highest BCUT2D eigenvalue weighted by molar-refractivity contribution is 6.30. The first kappa shape index (κ1) is 14.6. The molecule has 0 saturated heterocycles. The highest BCUT2D eigenvalue weighted by atomic mass is 35.5. The van der Waals surface area contributed by atoms with Crippen LogP contribution in [0.1, 0.15) is 0 Å². The summed E-state index contributed by atoms with van der Waals surface area (Å²) in [5.41, 5.74) is 2.84. The molecule has 1 heterocycles. The van der Waals surface area contributed by atoms with Gasteiger partial charge in [0, 0.05) is 22.5 Å². The largest absolute Gasteiger partial charge is 0.436 e. The zero-order chi connectivity index (χ0) is 16.2. The second-order valence-corrected chi connectivity index (χ2v) is 5.07. The number of allylic oxidation sites excluding steroid dienone is 1. The lowest BCUT2D eigenvalue weighted by molar-refractivity contribution is 0.620. The summed E-state index contributed by atoms with van der Waals surface area (Å²) in [6, 6.07) is 16.1. The Bertz CT molecular complexity index is 958. The Morgan fingerprint density at radius 2 is 1.87 bits per heavy atom. The molecule has 0 fully saturated rings. The molecule has 0 unspecified atom stereocenters. The summed E-state index contributed by atoms with van der Waals surface area (Å²) in [5, 5.41) is 21.0. The number of anilines is 1. The van der Waals surface area contributed by atoms with Crippen molar-refractivity contribution in [3.63, 3.8) is 0 Å². The van der Waals surface area contributed by atoms with Crippen LogP contribution in [0.5, 0.6) is 0 Å². The Balaban J connectivity index is 1.92. The summed E-state index contributed by atoms with van der Waals surface area (Å²) in [6.45, 7) is 0. The van der Waals surface area contributed by atoms with Gasteiger partial charge in [-0.05, 0) is 42.5 Å². The molecule has 0 atom stereocenters. The zero-order valence-electron chi connectivity index (χ0n) is 11.7. The summed E-state index contributed by atoms with van der Waals surface area (Å²) >= 11 is 5.87. The van der Waals surface area contributed by atoms with E-state index in [0.29, 0.717) is 27.7 Å². The number of rotatable bonds is 3. The van der Waals surface area contributed by atoms with Gasteiger partial charge in [0.25, 0.3) is 0 Å². The van der Waals surface area contributed by atoms with Crippen LogP contribution in [0.4, 0.5) is 5.69 Å². The van der Waals surface area contributed by atoms with Gasteiger partial charge in [-0.1, -0.05) is 11.6 Å². The average molecular weight is 321 g/mol. The van der Waals surface area contributed by atoms with Crippen LogP contribution in [0.25, 0.3) is 22.6 Å². The molecule has 0 radical (unpaired) electrons. The Morgan fingerprint density at radius 3 is 2.57 bits per heavy atom. The molecular formula is C17H9ClN4O. The van der Waals surface area contributed by atoms with Crippen molar-refractivity contribution >= 4 is 28.4 Å². The average Bonchev–Trinajstić information content (AvgIpc) is 2.99. The SMILES string of the molecule is N#CC(C#N)=CNc1ccc2oc(-c3ccc(Cl)cc3)nc2c1. The predicted molar refractivity (Wildman–Crippen MR) is 87.4 cm³/mol. The van der Waals surface area contributed by atoms with Crippen LogP contribution in [0.3, 0.4) is 0 Å². The van der Waals surface area contributed by atoms with E-state index in [1.54, 1.807) is 42.5 Å². The Kier molecular flexibility index (Phi) is 3.97. The quantitative estimate of drug-likeness (QED) is 0.718. The van der Waals surface area contributed by atoms with Crippen molar-refractivity contribution in [3.8, 4) is 23.6 Å². The van der Waals surface area contributed by atoms with Crippen LogP contribution in [0.2, 0.25) is 5.02 Å². The fourth-order valence-corrected chi connectivity index (χ4v) is 2.10. The number of nitrogens with one attached hydrogen (secondary N) is 1. The van der Waals surface area contributed by atoms with Gasteiger partial charge in [-0.3, -0.25) is 0 Å². The molecule has 0 amide bonds. The first-order valence-electron chi connectivity index (χ1n) is 6.63. The maximum Gasteiger partial charge on any atom is 0.227 e. The van der Waals surface area contributed by atoms with Crippen LogP contribution < -0.4 is 5.32 Å². The van der Waals surface area contributed by atoms with E-state index in [1.165, 1.54) is 6.20 Å². The molecule has 110 valence electrons. The molecule has 0 aliphatic carbocycles. The monoisotopic (exact) mass is 320 g/mol. The normalized spacial score (nSPS) is 9.87. The maximum atomic E-state index is 8.71. The first-order valence-corrected chi connectivity index (χ1v) is 7.01. The van der Waals surface area contributed by atoms with Crippen molar-refractivity contribution in [1.82, 2.24) is 4.98 Å². The summed E-state index contributed by atoms with van der Waals surface area (Å²) in [5.74, 6) is 0.499. The molecule has 6 heteroatoms. The van der Waals surface area contributed by atoms with Gasteiger partial charge in [-0.2, -0.15) is 10.5 Å². The molecule has 3 rings (SSSR count). The van der Waals surface area contributed by atoms with Gasteiger partial charge in [-0.15, -0.1) is 0 Å². The smallest absolute Gasteiger partial charge is 0.227 e. The lowest BCUT2D eigenvalue weighted by atomic mass is 10.2. The fourth-order valence-electron chi connectivity index (χ4n) is 1.98. The van der Waals surface area contributed by atoms with Gasteiger partial charge in [-0.25, -0.2) is 4.98 Å². The fraction of sp³-hybridized carbons (Fsp3) is 0. The second-order valence-electron chi connectivity index (χ2n) is 4.63. The van der Waals surface area contributed by atoms with E-state index in [2.05, 4.69) is 10.3 Å². The van der Waals surface area contributed by atoms with Crippen molar-refractivity contribution in [2.24, 2.45) is 0 Å². The summed E-state index contributed by atoms with van der Waals surface area (Å²) in [4.78, 5) is 4.44. The zero-order valence-corrected chi connectivity index (χ0v) is 12.5. The molecule has 23 heavy (non-hydrogen) atoms. The minimum Gasteiger partial charge on any atom is -0.436 e. The van der Waals surface area contributed by atoms with Crippen LogP contribution >= 0.6 is 11.6 Å². The second kappa shape index (κ2) is 6.23. The first-order chi connectivity index (χ1) is 11.2. The minimum atomic E-state index is -0.00731. The summed E-state index contributed by atoms with van der Waals surface area (Å²) < 4.78 is 5.71. The predicted octanol–water partition coefficient (Wildman–Crippen LogP) is 4.49. The summed E-state index contributed by atoms with van der Waals surface area (Å²) in [7, 11) is 0. The van der Waals surface area contributed by atoms with Crippen LogP contribution in [0.15, 0.2) is 58.7 Å². The van der Waals surface area contributed by atoms with Gasteiger partial charge in [0.2, 0.25) is 5.89 Å². The highest BCUT2D eigenvalue weighted by Crippen LogP contribution is 2.27. The lowest BCUT2D eigenvalue weighted by Gasteiger charge is -1.98. The third-order valence-electron chi connectivity index (χ3n) is 3.10. The van der Waals surface area contributed by atoms with E-state index < -0.39 is 0 Å². The lowest BCUT2D eigenvalue weighted by Crippen LogP contribution is -1.89. The number of benzene rings is 2. The molecule has 2 aromatic carbocycles. The van der Waals surface area contributed by atoms with E-state index in [4.69, 9.17) is 26.5 Å². The van der Waals surface area contributed by atoms with E-state index in [9.17, 15) is 0 Å². The number of nitrogens with zero attached hydrogens (tertiary/aromatic N) is 3. The molecule has 0 aliphatic heterocycles. The number of nitriles is 2. The maximum absolute atomic E-state index is 8.71. The topological polar surface area (TPSA) is 85.6 Å². The standard InChI is InChI=1S/C17H9ClN4O/c18-13-3-1-12(2-4-13)17-22-15-7-14(5-6-16(15)23-17)21-10-11(8-19)9-20/h1-7,10,21H. The van der Waals surface area contributed by atoms with Crippen LogP contribution in [-0.4, -0.2) is 4.98 Å². The molecule has 3 aromatic rings. The van der Waals surface area contributed by atoms with E-state index in [-0.39, 0.29) is 5.57 Å². The molecular weight excluding hydrogens is 312 g/mol. The molecule has 0 spiro atoms. The van der Waals surface area contributed by atoms with E-state index in [0.717, 1.165) is 5.56 Å². The van der Waals surface area contributed by atoms with Crippen LogP contribution in [0, 0.1) is 22.7 Å². The number of hydrogen-bond acceptors (Lipinski definition) is 5. The van der Waals surface area contributed by atoms with Gasteiger partial charge < -0.3 is 9.73 Å². The van der Waals surface area contributed by atoms with Gasteiger partial charge in [0.05, 0.1) is 0 Å². The third kappa shape index (κ3) is 3.16. The molecule has 0 aliphatic rings. The van der Waals surface area contributed by atoms with E-state index in [1.807, 2.05) is 12.1 Å². The third-order valence-corrected chi connectivity index (χ3v) is 3.35. The molecule has 0 saturated carbocycles. The number of hydrogen-bond donors (Lipinski definition) is 1. The van der Waals surface area contributed by atoms with Crippen LogP contribution in [-0.2, 0) is 0 Å². The van der Waals surface area contributed by atoms with Gasteiger partial charge in [0.1, 0.15) is 23.2 Å². The molecule has 1 N–H and O–H groups in total. The number of aromatic nitrogens is 1. The summed E-state index contributed by atoms with van der Waals surface area (Å²) in [6.07, 6.45) is 1.35. The minimum absolute atomic E-state index is 0.00731. The van der Waals surface area contributed by atoms with Crippen molar-refractivity contribution < 1.29 is 4.42 Å². The van der Waals surface area contributed by atoms with E-state index >= 15 is 0 Å². The van der Waals surface area contributed by atoms with Crippen molar-refractivity contribution in [2.75, 3.05) is 5.32 Å². The molecule has 1 aromatic heterocycles. The highest BCUT2D eigenvalue weighted by Gasteiger charge is 2.08. The number of halogens is 1. The Labute approximate surface area is 137 Å². The van der Waals surface area contributed by atoms with Crippen molar-refractivity contribution in [3.05, 3.63) is 59.3 Å². The Hall–Kier alpha value is -3.28. The number of fused-ring (bicyclic) bond motifs is 1. The van der Waals surface area contributed by atoms with Gasteiger partial charge in [0.15, 0.2) is 5.58 Å². The molecule has 0 bridgehead atoms. The van der Waals surface area contributed by atoms with Gasteiger partial charge >= 0.3 is 0 Å². The molecule has 5 nitrogen and oxygen atoms in total. The van der Waals surface area contributed by atoms with Crippen molar-refractivity contribution in [1.29, 1.82) is 10.5 Å².